The minimum Gasteiger partial charge on any atom is -0.493 e. The molecule has 1 aliphatic carbocycles. The van der Waals surface area contributed by atoms with Gasteiger partial charge in [0.25, 0.3) is 0 Å². The van der Waals surface area contributed by atoms with E-state index in [9.17, 15) is 14.4 Å². The number of nitrogens with one attached hydrogen (secondary N) is 3. The van der Waals surface area contributed by atoms with Gasteiger partial charge in [0.05, 0.1) is 44.9 Å². The zero-order valence-electron chi connectivity index (χ0n) is 24.4. The summed E-state index contributed by atoms with van der Waals surface area (Å²) in [5.74, 6) is 1.65. The van der Waals surface area contributed by atoms with E-state index in [0.29, 0.717) is 59.1 Å². The van der Waals surface area contributed by atoms with Crippen LogP contribution in [0.1, 0.15) is 36.9 Å². The number of pyridine rings is 1. The van der Waals surface area contributed by atoms with Crippen LogP contribution in [0.2, 0.25) is 0 Å². The summed E-state index contributed by atoms with van der Waals surface area (Å²) in [7, 11) is 4.66. The summed E-state index contributed by atoms with van der Waals surface area (Å²) >= 11 is 1.61. The molecule has 3 N–H and O–H groups in total. The zero-order chi connectivity index (χ0) is 30.2. The molecule has 0 aliphatic heterocycles. The number of ether oxygens (including phenoxy) is 3. The molecule has 1 heterocycles. The number of rotatable bonds is 11. The smallest absolute Gasteiger partial charge is 0.246 e. The lowest BCUT2D eigenvalue weighted by molar-refractivity contribution is -0.120. The number of aryl methyl sites for hydroxylation is 1. The quantitative estimate of drug-likeness (QED) is 0.296. The third kappa shape index (κ3) is 6.79. The molecule has 0 spiro atoms. The number of hydrogen-bond acceptors (Lipinski definition) is 9. The lowest BCUT2D eigenvalue weighted by Gasteiger charge is -2.19. The van der Waals surface area contributed by atoms with Crippen molar-refractivity contribution in [1.29, 1.82) is 0 Å². The topological polar surface area (TPSA) is 128 Å². The Morgan fingerprint density at radius 3 is 2.52 bits per heavy atom. The summed E-state index contributed by atoms with van der Waals surface area (Å²) < 4.78 is 17.1. The molecule has 2 aromatic carbocycles. The number of methoxy groups -OCH3 is 3. The molecule has 11 heteroatoms. The maximum atomic E-state index is 13.7. The van der Waals surface area contributed by atoms with E-state index in [-0.39, 0.29) is 22.9 Å². The van der Waals surface area contributed by atoms with E-state index in [4.69, 9.17) is 14.2 Å². The minimum atomic E-state index is -0.676. The predicted molar refractivity (Wildman–Crippen MR) is 166 cm³/mol. The van der Waals surface area contributed by atoms with E-state index >= 15 is 0 Å². The molecule has 0 fully saturated rings. The standard InChI is InChI=1S/C31H36N4O6S/c1-18(36)33-23-10-8-19-15-27(39-2)29(40-3)30(41-4)28(19)21-9-11-24(26(37)16-22(21)23)35-25(12-14-42-5)31(38)34-20-7-6-13-32-17-20/h6-7,9,11,13,15-17,23,25H,8,10,12,14H2,1-5H3,(H,33,36)(H,34,38)(H,35,37). The van der Waals surface area contributed by atoms with Gasteiger partial charge in [-0.1, -0.05) is 6.07 Å². The summed E-state index contributed by atoms with van der Waals surface area (Å²) in [6.45, 7) is 1.45. The molecule has 2 amide bonds. The molecule has 10 nitrogen and oxygen atoms in total. The first-order valence-electron chi connectivity index (χ1n) is 13.5. The highest BCUT2D eigenvalue weighted by Crippen LogP contribution is 2.50. The number of carbonyl (C=O) groups excluding carboxylic acids is 2. The van der Waals surface area contributed by atoms with Gasteiger partial charge in [-0.2, -0.15) is 11.8 Å². The van der Waals surface area contributed by atoms with Gasteiger partial charge in [0, 0.05) is 18.7 Å². The summed E-state index contributed by atoms with van der Waals surface area (Å²) in [6.07, 6.45) is 6.80. The zero-order valence-corrected chi connectivity index (χ0v) is 25.2. The second-order valence-corrected chi connectivity index (χ2v) is 10.8. The van der Waals surface area contributed by atoms with E-state index < -0.39 is 12.1 Å². The van der Waals surface area contributed by atoms with Gasteiger partial charge in [-0.25, -0.2) is 0 Å². The van der Waals surface area contributed by atoms with Crippen molar-refractivity contribution in [3.05, 3.63) is 70.1 Å². The van der Waals surface area contributed by atoms with Crippen LogP contribution in [0, 0.1) is 0 Å². The average Bonchev–Trinajstić information content (AvgIpc) is 3.22. The maximum absolute atomic E-state index is 13.7. The van der Waals surface area contributed by atoms with Gasteiger partial charge in [0.15, 0.2) is 11.5 Å². The van der Waals surface area contributed by atoms with Crippen molar-refractivity contribution in [2.24, 2.45) is 0 Å². The highest BCUT2D eigenvalue weighted by Gasteiger charge is 2.30. The number of amides is 2. The summed E-state index contributed by atoms with van der Waals surface area (Å²) in [4.78, 5) is 43.2. The maximum Gasteiger partial charge on any atom is 0.246 e. The molecule has 0 saturated carbocycles. The normalized spacial score (nSPS) is 14.4. The van der Waals surface area contributed by atoms with E-state index in [1.807, 2.05) is 18.4 Å². The first kappa shape index (κ1) is 30.7. The van der Waals surface area contributed by atoms with Crippen LogP contribution in [0.5, 0.6) is 17.2 Å². The van der Waals surface area contributed by atoms with Crippen molar-refractivity contribution in [2.75, 3.05) is 44.0 Å². The Kier molecular flexibility index (Phi) is 10.3. The molecule has 222 valence electrons. The number of aromatic nitrogens is 1. The first-order chi connectivity index (χ1) is 20.3. The number of hydrogen-bond donors (Lipinski definition) is 3. The number of anilines is 2. The number of fused-ring (bicyclic) bond motifs is 3. The number of nitrogens with zero attached hydrogens (tertiary/aromatic N) is 1. The predicted octanol–water partition coefficient (Wildman–Crippen LogP) is 4.43. The van der Waals surface area contributed by atoms with Gasteiger partial charge in [-0.05, 0) is 78.3 Å². The third-order valence-corrected chi connectivity index (χ3v) is 7.75. The van der Waals surface area contributed by atoms with Crippen LogP contribution >= 0.6 is 11.8 Å². The van der Waals surface area contributed by atoms with Crippen LogP contribution in [0.25, 0.3) is 11.1 Å². The Balaban J connectivity index is 1.85. The van der Waals surface area contributed by atoms with E-state index in [2.05, 4.69) is 20.9 Å². The minimum absolute atomic E-state index is 0.208. The van der Waals surface area contributed by atoms with Crippen molar-refractivity contribution >= 4 is 35.0 Å². The average molecular weight is 593 g/mol. The number of thioether (sulfide) groups is 1. The van der Waals surface area contributed by atoms with Gasteiger partial charge >= 0.3 is 0 Å². The summed E-state index contributed by atoms with van der Waals surface area (Å²) in [6, 6.07) is 9.34. The molecule has 1 aliphatic rings. The Hall–Kier alpha value is -4.25. The molecule has 3 aromatic rings. The second kappa shape index (κ2) is 14.1. The SMILES string of the molecule is COc1cc2c(c(OC)c1OC)-c1ccc(NC(CCSC)C(=O)Nc3cccnc3)c(=O)cc1C(NC(C)=O)CC2. The monoisotopic (exact) mass is 592 g/mol. The Labute approximate surface area is 249 Å². The largest absolute Gasteiger partial charge is 0.493 e. The van der Waals surface area contributed by atoms with Crippen molar-refractivity contribution in [3.63, 3.8) is 0 Å². The van der Waals surface area contributed by atoms with Crippen molar-refractivity contribution in [3.8, 4) is 28.4 Å². The van der Waals surface area contributed by atoms with E-state index in [0.717, 1.165) is 11.1 Å². The van der Waals surface area contributed by atoms with Crippen LogP contribution in [-0.2, 0) is 16.0 Å². The summed E-state index contributed by atoms with van der Waals surface area (Å²) in [5, 5.41) is 9.07. The Bertz CT molecular complexity index is 1500. The van der Waals surface area contributed by atoms with Crippen molar-refractivity contribution in [1.82, 2.24) is 10.3 Å². The van der Waals surface area contributed by atoms with Crippen LogP contribution in [-0.4, -0.2) is 56.2 Å². The molecule has 0 bridgehead atoms. The van der Waals surface area contributed by atoms with Gasteiger partial charge < -0.3 is 30.2 Å². The lowest BCUT2D eigenvalue weighted by Crippen LogP contribution is -2.36. The van der Waals surface area contributed by atoms with E-state index in [1.165, 1.54) is 13.0 Å². The van der Waals surface area contributed by atoms with Crippen LogP contribution in [0.3, 0.4) is 0 Å². The van der Waals surface area contributed by atoms with Crippen LogP contribution in [0.4, 0.5) is 11.4 Å². The molecule has 0 saturated heterocycles. The molecular formula is C31H36N4O6S. The summed E-state index contributed by atoms with van der Waals surface area (Å²) in [5.41, 5.74) is 3.57. The molecule has 2 atom stereocenters. The highest BCUT2D eigenvalue weighted by molar-refractivity contribution is 7.98. The number of carbonyl (C=O) groups is 2. The number of benzene rings is 1. The van der Waals surface area contributed by atoms with Crippen LogP contribution in [0.15, 0.2) is 53.6 Å². The molecule has 42 heavy (non-hydrogen) atoms. The fraction of sp³-hybridized carbons (Fsp3) is 0.355. The third-order valence-electron chi connectivity index (χ3n) is 7.10. The Morgan fingerprint density at radius 1 is 1.10 bits per heavy atom. The molecule has 1 aromatic heterocycles. The molecule has 0 radical (unpaired) electrons. The lowest BCUT2D eigenvalue weighted by atomic mass is 9.95. The van der Waals surface area contributed by atoms with E-state index in [1.54, 1.807) is 63.7 Å². The fourth-order valence-electron chi connectivity index (χ4n) is 5.19. The Morgan fingerprint density at radius 2 is 1.88 bits per heavy atom. The fourth-order valence-corrected chi connectivity index (χ4v) is 5.66. The van der Waals surface area contributed by atoms with Crippen molar-refractivity contribution in [2.45, 2.75) is 38.3 Å². The van der Waals surface area contributed by atoms with Crippen molar-refractivity contribution < 1.29 is 23.8 Å². The first-order valence-corrected chi connectivity index (χ1v) is 14.9. The molecule has 2 unspecified atom stereocenters. The van der Waals surface area contributed by atoms with Crippen LogP contribution < -0.4 is 35.6 Å². The second-order valence-electron chi connectivity index (χ2n) is 9.81. The highest BCUT2D eigenvalue weighted by atomic mass is 32.2. The van der Waals surface area contributed by atoms with Gasteiger partial charge in [-0.3, -0.25) is 19.4 Å². The van der Waals surface area contributed by atoms with Gasteiger partial charge in [0.2, 0.25) is 23.0 Å². The van der Waals surface area contributed by atoms with Gasteiger partial charge in [-0.15, -0.1) is 0 Å². The van der Waals surface area contributed by atoms with Gasteiger partial charge in [0.1, 0.15) is 6.04 Å². The molecular weight excluding hydrogens is 556 g/mol. The molecule has 4 rings (SSSR count).